The Morgan fingerprint density at radius 2 is 2.47 bits per heavy atom. The molecule has 0 aromatic carbocycles. The quantitative estimate of drug-likeness (QED) is 0.798. The van der Waals surface area contributed by atoms with Gasteiger partial charge in [0.1, 0.15) is 0 Å². The maximum absolute atomic E-state index is 9.82. The van der Waals surface area contributed by atoms with Gasteiger partial charge in [0.25, 0.3) is 0 Å². The Balaban J connectivity index is 1.58. The second kappa shape index (κ2) is 7.31. The topological polar surface area (TPSA) is 50.1 Å². The van der Waals surface area contributed by atoms with E-state index in [0.717, 1.165) is 6.54 Å². The molecule has 1 saturated heterocycles. The van der Waals surface area contributed by atoms with E-state index in [1.54, 1.807) is 10.9 Å². The molecule has 1 aliphatic heterocycles. The van der Waals surface area contributed by atoms with E-state index in [2.05, 4.69) is 10.4 Å². The number of hydrogen-bond acceptors (Lipinski definition) is 5. The number of aliphatic hydroxyl groups is 1. The molecule has 2 unspecified atom stereocenters. The third-order valence-electron chi connectivity index (χ3n) is 2.59. The molecule has 0 bridgehead atoms. The van der Waals surface area contributed by atoms with E-state index >= 15 is 0 Å². The van der Waals surface area contributed by atoms with Crippen LogP contribution in [0.4, 0.5) is 0 Å². The predicted molar refractivity (Wildman–Crippen MR) is 74.7 cm³/mol. The fourth-order valence-corrected chi connectivity index (χ4v) is 4.40. The van der Waals surface area contributed by atoms with E-state index in [0.29, 0.717) is 18.3 Å². The van der Waals surface area contributed by atoms with Gasteiger partial charge >= 0.3 is 0 Å². The van der Waals surface area contributed by atoms with Crippen LogP contribution < -0.4 is 5.32 Å². The van der Waals surface area contributed by atoms with Gasteiger partial charge in [0.2, 0.25) is 0 Å². The second-order valence-corrected chi connectivity index (χ2v) is 6.67. The van der Waals surface area contributed by atoms with Crippen molar-refractivity contribution in [1.29, 1.82) is 0 Å². The van der Waals surface area contributed by atoms with E-state index in [1.807, 2.05) is 35.8 Å². The van der Waals surface area contributed by atoms with Gasteiger partial charge in [-0.2, -0.15) is 28.6 Å². The summed E-state index contributed by atoms with van der Waals surface area (Å²) >= 11 is 4.07. The zero-order valence-electron chi connectivity index (χ0n) is 9.79. The minimum Gasteiger partial charge on any atom is -0.390 e. The number of aromatic nitrogens is 2. The first-order chi connectivity index (χ1) is 8.34. The zero-order chi connectivity index (χ0) is 11.9. The van der Waals surface area contributed by atoms with Crippen LogP contribution in [0.5, 0.6) is 0 Å². The lowest BCUT2D eigenvalue weighted by atomic mass is 10.3. The number of aliphatic hydroxyl groups excluding tert-OH is 1. The molecule has 1 aliphatic rings. The van der Waals surface area contributed by atoms with E-state index in [-0.39, 0.29) is 6.10 Å². The van der Waals surface area contributed by atoms with Crippen molar-refractivity contribution in [2.45, 2.75) is 17.9 Å². The molecular weight excluding hydrogens is 254 g/mol. The number of rotatable bonds is 6. The maximum Gasteiger partial charge on any atom is 0.0860 e. The molecule has 0 spiro atoms. The molecular formula is C11H19N3OS2. The van der Waals surface area contributed by atoms with Crippen molar-refractivity contribution >= 4 is 23.5 Å². The lowest BCUT2D eigenvalue weighted by molar-refractivity contribution is 0.147. The largest absolute Gasteiger partial charge is 0.390 e. The summed E-state index contributed by atoms with van der Waals surface area (Å²) in [6.45, 7) is 2.20. The molecule has 1 fully saturated rings. The highest BCUT2D eigenvalue weighted by atomic mass is 32.2. The molecule has 17 heavy (non-hydrogen) atoms. The van der Waals surface area contributed by atoms with Crippen LogP contribution >= 0.6 is 23.5 Å². The van der Waals surface area contributed by atoms with Gasteiger partial charge in [-0.15, -0.1) is 0 Å². The van der Waals surface area contributed by atoms with E-state index in [9.17, 15) is 5.11 Å². The lowest BCUT2D eigenvalue weighted by Gasteiger charge is -2.22. The van der Waals surface area contributed by atoms with Gasteiger partial charge < -0.3 is 10.4 Å². The monoisotopic (exact) mass is 273 g/mol. The molecule has 0 amide bonds. The van der Waals surface area contributed by atoms with Crippen molar-refractivity contribution in [3.63, 3.8) is 0 Å². The lowest BCUT2D eigenvalue weighted by Crippen LogP contribution is -2.36. The van der Waals surface area contributed by atoms with Crippen molar-refractivity contribution in [2.24, 2.45) is 0 Å². The molecule has 0 aliphatic carbocycles. The molecule has 2 N–H and O–H groups in total. The van der Waals surface area contributed by atoms with Crippen LogP contribution in [0.15, 0.2) is 18.5 Å². The SMILES string of the molecule is OC(CNCC1CSCCS1)Cn1cccn1. The summed E-state index contributed by atoms with van der Waals surface area (Å²) in [7, 11) is 0. The minimum atomic E-state index is -0.365. The predicted octanol–water partition coefficient (Wildman–Crippen LogP) is 0.682. The molecule has 0 radical (unpaired) electrons. The number of nitrogens with one attached hydrogen (secondary N) is 1. The van der Waals surface area contributed by atoms with Gasteiger partial charge in [0.05, 0.1) is 12.6 Å². The van der Waals surface area contributed by atoms with E-state index in [4.69, 9.17) is 0 Å². The Morgan fingerprint density at radius 3 is 3.18 bits per heavy atom. The fourth-order valence-electron chi connectivity index (χ4n) is 1.75. The van der Waals surface area contributed by atoms with Crippen molar-refractivity contribution in [2.75, 3.05) is 30.3 Å². The summed E-state index contributed by atoms with van der Waals surface area (Å²) in [4.78, 5) is 0. The van der Waals surface area contributed by atoms with Crippen molar-refractivity contribution < 1.29 is 5.11 Å². The van der Waals surface area contributed by atoms with Crippen LogP contribution in [-0.2, 0) is 6.54 Å². The highest BCUT2D eigenvalue weighted by Gasteiger charge is 2.14. The molecule has 2 rings (SSSR count). The fraction of sp³-hybridized carbons (Fsp3) is 0.727. The summed E-state index contributed by atoms with van der Waals surface area (Å²) in [5.41, 5.74) is 0. The third-order valence-corrected chi connectivity index (χ3v) is 5.44. The smallest absolute Gasteiger partial charge is 0.0860 e. The first-order valence-corrected chi connectivity index (χ1v) is 8.10. The summed E-state index contributed by atoms with van der Waals surface area (Å²) in [5, 5.41) is 17.9. The van der Waals surface area contributed by atoms with Crippen LogP contribution in [0.25, 0.3) is 0 Å². The molecule has 1 aromatic heterocycles. The second-order valence-electron chi connectivity index (χ2n) is 4.11. The van der Waals surface area contributed by atoms with Gasteiger partial charge in [-0.25, -0.2) is 0 Å². The van der Waals surface area contributed by atoms with E-state index in [1.165, 1.54) is 17.3 Å². The molecule has 6 heteroatoms. The maximum atomic E-state index is 9.82. The molecule has 2 heterocycles. The summed E-state index contributed by atoms with van der Waals surface area (Å²) < 4.78 is 1.76. The Morgan fingerprint density at radius 1 is 1.53 bits per heavy atom. The van der Waals surface area contributed by atoms with Crippen LogP contribution in [-0.4, -0.2) is 56.6 Å². The minimum absolute atomic E-state index is 0.365. The first kappa shape index (κ1) is 13.3. The van der Waals surface area contributed by atoms with Crippen LogP contribution in [0.1, 0.15) is 0 Å². The van der Waals surface area contributed by atoms with Crippen molar-refractivity contribution in [3.05, 3.63) is 18.5 Å². The van der Waals surface area contributed by atoms with Gasteiger partial charge in [0.15, 0.2) is 0 Å². The Hall–Kier alpha value is -0.170. The molecule has 1 aromatic rings. The normalized spacial score (nSPS) is 22.5. The third kappa shape index (κ3) is 4.91. The summed E-state index contributed by atoms with van der Waals surface area (Å²) in [6, 6.07) is 1.87. The zero-order valence-corrected chi connectivity index (χ0v) is 11.4. The standard InChI is InChI=1S/C11H19N3OS2/c15-10(8-14-3-1-2-13-14)6-12-7-11-9-16-4-5-17-11/h1-3,10-12,15H,4-9H2. The van der Waals surface area contributed by atoms with Crippen LogP contribution in [0.2, 0.25) is 0 Å². The Labute approximate surface area is 111 Å². The molecule has 96 valence electrons. The Bertz CT molecular complexity index is 302. The molecule has 2 atom stereocenters. The highest BCUT2D eigenvalue weighted by molar-refractivity contribution is 8.06. The van der Waals surface area contributed by atoms with Gasteiger partial charge in [-0.3, -0.25) is 4.68 Å². The number of hydrogen-bond donors (Lipinski definition) is 2. The van der Waals surface area contributed by atoms with Gasteiger partial charge in [-0.1, -0.05) is 0 Å². The van der Waals surface area contributed by atoms with Gasteiger partial charge in [-0.05, 0) is 6.07 Å². The molecule has 0 saturated carbocycles. The van der Waals surface area contributed by atoms with E-state index < -0.39 is 0 Å². The van der Waals surface area contributed by atoms with Crippen LogP contribution in [0.3, 0.4) is 0 Å². The van der Waals surface area contributed by atoms with Crippen molar-refractivity contribution in [1.82, 2.24) is 15.1 Å². The average Bonchev–Trinajstić information content (AvgIpc) is 2.83. The summed E-state index contributed by atoms with van der Waals surface area (Å²) in [6.07, 6.45) is 3.24. The van der Waals surface area contributed by atoms with Crippen LogP contribution in [0, 0.1) is 0 Å². The highest BCUT2D eigenvalue weighted by Crippen LogP contribution is 2.23. The van der Waals surface area contributed by atoms with Crippen molar-refractivity contribution in [3.8, 4) is 0 Å². The summed E-state index contributed by atoms with van der Waals surface area (Å²) in [5.74, 6) is 3.77. The number of nitrogens with zero attached hydrogens (tertiary/aromatic N) is 2. The van der Waals surface area contributed by atoms with Gasteiger partial charge in [0, 0.05) is 48.0 Å². The number of thioether (sulfide) groups is 2. The first-order valence-electron chi connectivity index (χ1n) is 5.90. The molecule has 4 nitrogen and oxygen atoms in total. The Kier molecular flexibility index (Phi) is 5.70. The average molecular weight is 273 g/mol.